The highest BCUT2D eigenvalue weighted by molar-refractivity contribution is 7.80. The zero-order valence-corrected chi connectivity index (χ0v) is 8.60. The summed E-state index contributed by atoms with van der Waals surface area (Å²) < 4.78 is 10.2. The summed E-state index contributed by atoms with van der Waals surface area (Å²) in [6.07, 6.45) is 0. The molecule has 1 aromatic rings. The molecule has 13 heavy (non-hydrogen) atoms. The molecule has 4 heteroatoms. The van der Waals surface area contributed by atoms with Crippen LogP contribution in [0.4, 0.5) is 5.69 Å². The van der Waals surface area contributed by atoms with Gasteiger partial charge in [0.2, 0.25) is 0 Å². The zero-order valence-electron chi connectivity index (χ0n) is 7.70. The Kier molecular flexibility index (Phi) is 3.76. The van der Waals surface area contributed by atoms with Crippen molar-refractivity contribution in [3.63, 3.8) is 0 Å². The molecule has 1 aromatic carbocycles. The van der Waals surface area contributed by atoms with Gasteiger partial charge in [0.25, 0.3) is 0 Å². The van der Waals surface area contributed by atoms with Crippen molar-refractivity contribution in [3.05, 3.63) is 18.2 Å². The number of hydrogen-bond donors (Lipinski definition) is 2. The van der Waals surface area contributed by atoms with Crippen LogP contribution in [0.5, 0.6) is 11.5 Å². The molecule has 0 heterocycles. The molecule has 0 amide bonds. The van der Waals surface area contributed by atoms with Gasteiger partial charge in [-0.05, 0) is 12.1 Å². The van der Waals surface area contributed by atoms with Gasteiger partial charge in [-0.1, -0.05) is 0 Å². The predicted molar refractivity (Wildman–Crippen MR) is 57.0 cm³/mol. The second-order valence-corrected chi connectivity index (χ2v) is 2.72. The van der Waals surface area contributed by atoms with Gasteiger partial charge in [-0.3, -0.25) is 0 Å². The first-order valence-electron chi connectivity index (χ1n) is 3.88. The number of hydrogen-bond acceptors (Lipinski definition) is 4. The molecule has 0 radical (unpaired) electrons. The molecule has 0 fully saturated rings. The van der Waals surface area contributed by atoms with E-state index in [0.717, 1.165) is 17.2 Å². The first kappa shape index (κ1) is 10.1. The number of nitrogens with one attached hydrogen (secondary N) is 1. The van der Waals surface area contributed by atoms with E-state index in [2.05, 4.69) is 17.9 Å². The van der Waals surface area contributed by atoms with Crippen LogP contribution in [0.2, 0.25) is 0 Å². The van der Waals surface area contributed by atoms with E-state index in [0.29, 0.717) is 5.88 Å². The third-order valence-electron chi connectivity index (χ3n) is 1.68. The molecular formula is C9H13NO2S. The van der Waals surface area contributed by atoms with E-state index in [9.17, 15) is 0 Å². The van der Waals surface area contributed by atoms with Crippen LogP contribution in [0.1, 0.15) is 0 Å². The fraction of sp³-hybridized carbons (Fsp3) is 0.333. The fourth-order valence-electron chi connectivity index (χ4n) is 1.03. The van der Waals surface area contributed by atoms with Gasteiger partial charge < -0.3 is 14.8 Å². The number of ether oxygens (including phenoxy) is 2. The quantitative estimate of drug-likeness (QED) is 0.574. The summed E-state index contributed by atoms with van der Waals surface area (Å²) in [5.74, 6) is 2.11. The maximum Gasteiger partial charge on any atom is 0.145 e. The van der Waals surface area contributed by atoms with Crippen LogP contribution in [-0.4, -0.2) is 20.1 Å². The third-order valence-corrected chi connectivity index (χ3v) is 1.84. The van der Waals surface area contributed by atoms with Gasteiger partial charge in [-0.2, -0.15) is 12.6 Å². The van der Waals surface area contributed by atoms with Crippen LogP contribution >= 0.6 is 12.6 Å². The topological polar surface area (TPSA) is 30.5 Å². The first-order valence-corrected chi connectivity index (χ1v) is 4.52. The van der Waals surface area contributed by atoms with E-state index in [-0.39, 0.29) is 0 Å². The molecule has 0 spiro atoms. The minimum Gasteiger partial charge on any atom is -0.497 e. The molecule has 0 aliphatic carbocycles. The highest BCUT2D eigenvalue weighted by atomic mass is 32.1. The normalized spacial score (nSPS) is 9.46. The summed E-state index contributed by atoms with van der Waals surface area (Å²) in [7, 11) is 3.25. The maximum atomic E-state index is 5.16. The van der Waals surface area contributed by atoms with Gasteiger partial charge in [-0.25, -0.2) is 0 Å². The molecule has 1 rings (SSSR count). The molecule has 0 bridgehead atoms. The van der Waals surface area contributed by atoms with Crippen molar-refractivity contribution in [2.45, 2.75) is 0 Å². The van der Waals surface area contributed by atoms with E-state index in [1.807, 2.05) is 18.2 Å². The van der Waals surface area contributed by atoms with Crippen molar-refractivity contribution in [1.82, 2.24) is 0 Å². The Morgan fingerprint density at radius 3 is 2.62 bits per heavy atom. The lowest BCUT2D eigenvalue weighted by atomic mass is 10.3. The number of benzene rings is 1. The van der Waals surface area contributed by atoms with Crippen LogP contribution in [-0.2, 0) is 0 Å². The van der Waals surface area contributed by atoms with Crippen molar-refractivity contribution < 1.29 is 9.47 Å². The number of thiol groups is 1. The molecular weight excluding hydrogens is 186 g/mol. The molecule has 3 nitrogen and oxygen atoms in total. The smallest absolute Gasteiger partial charge is 0.145 e. The molecule has 0 unspecified atom stereocenters. The lowest BCUT2D eigenvalue weighted by molar-refractivity contribution is 0.395. The molecule has 0 aromatic heterocycles. The summed E-state index contributed by atoms with van der Waals surface area (Å²) in [6, 6.07) is 5.59. The summed E-state index contributed by atoms with van der Waals surface area (Å²) in [4.78, 5) is 0. The lowest BCUT2D eigenvalue weighted by Gasteiger charge is -2.10. The van der Waals surface area contributed by atoms with E-state index in [4.69, 9.17) is 9.47 Å². The highest BCUT2D eigenvalue weighted by Gasteiger charge is 2.02. The molecule has 72 valence electrons. The van der Waals surface area contributed by atoms with Gasteiger partial charge in [0.1, 0.15) is 11.5 Å². The first-order chi connectivity index (χ1) is 6.31. The van der Waals surface area contributed by atoms with Gasteiger partial charge in [-0.15, -0.1) is 0 Å². The Bertz CT molecular complexity index is 278. The van der Waals surface area contributed by atoms with Crippen molar-refractivity contribution in [2.24, 2.45) is 0 Å². The number of methoxy groups -OCH3 is 2. The summed E-state index contributed by atoms with van der Waals surface area (Å²) >= 11 is 4.07. The third kappa shape index (κ3) is 2.45. The molecule has 0 aliphatic rings. The largest absolute Gasteiger partial charge is 0.497 e. The Morgan fingerprint density at radius 1 is 1.31 bits per heavy atom. The second kappa shape index (κ2) is 4.87. The Balaban J connectivity index is 2.93. The van der Waals surface area contributed by atoms with E-state index in [1.165, 1.54) is 0 Å². The van der Waals surface area contributed by atoms with Gasteiger partial charge >= 0.3 is 0 Å². The Morgan fingerprint density at radius 2 is 2.08 bits per heavy atom. The molecule has 0 atom stereocenters. The van der Waals surface area contributed by atoms with Crippen LogP contribution < -0.4 is 14.8 Å². The second-order valence-electron chi connectivity index (χ2n) is 2.40. The average Bonchev–Trinajstić information content (AvgIpc) is 2.19. The van der Waals surface area contributed by atoms with Crippen LogP contribution in [0.3, 0.4) is 0 Å². The zero-order chi connectivity index (χ0) is 9.68. The Labute approximate surface area is 83.5 Å². The average molecular weight is 199 g/mol. The van der Waals surface area contributed by atoms with Crippen molar-refractivity contribution in [1.29, 1.82) is 0 Å². The van der Waals surface area contributed by atoms with E-state index < -0.39 is 0 Å². The molecule has 0 aliphatic heterocycles. The predicted octanol–water partition coefficient (Wildman–Crippen LogP) is 2.00. The highest BCUT2D eigenvalue weighted by Crippen LogP contribution is 2.28. The van der Waals surface area contributed by atoms with E-state index >= 15 is 0 Å². The summed E-state index contributed by atoms with van der Waals surface area (Å²) in [6.45, 7) is 0. The van der Waals surface area contributed by atoms with Crippen molar-refractivity contribution >= 4 is 18.3 Å². The minimum atomic E-state index is 0.572. The van der Waals surface area contributed by atoms with Gasteiger partial charge in [0, 0.05) is 6.07 Å². The molecule has 0 saturated carbocycles. The monoisotopic (exact) mass is 199 g/mol. The SMILES string of the molecule is COc1ccc(NCS)c(OC)c1. The van der Waals surface area contributed by atoms with Crippen LogP contribution in [0.15, 0.2) is 18.2 Å². The number of rotatable bonds is 4. The van der Waals surface area contributed by atoms with Crippen molar-refractivity contribution in [3.8, 4) is 11.5 Å². The van der Waals surface area contributed by atoms with Crippen LogP contribution in [0, 0.1) is 0 Å². The molecule has 0 saturated heterocycles. The summed E-state index contributed by atoms with van der Waals surface area (Å²) in [5.41, 5.74) is 0.915. The van der Waals surface area contributed by atoms with Crippen molar-refractivity contribution in [2.75, 3.05) is 25.4 Å². The number of anilines is 1. The fourth-order valence-corrected chi connectivity index (χ4v) is 1.20. The maximum absolute atomic E-state index is 5.16. The minimum absolute atomic E-state index is 0.572. The van der Waals surface area contributed by atoms with Gasteiger partial charge in [0.15, 0.2) is 0 Å². The van der Waals surface area contributed by atoms with Crippen LogP contribution in [0.25, 0.3) is 0 Å². The van der Waals surface area contributed by atoms with Gasteiger partial charge in [0.05, 0.1) is 25.8 Å². The Hall–Kier alpha value is -1.03. The molecule has 1 N–H and O–H groups in total. The lowest BCUT2D eigenvalue weighted by Crippen LogP contribution is -1.98. The summed E-state index contributed by atoms with van der Waals surface area (Å²) in [5, 5.41) is 3.06. The van der Waals surface area contributed by atoms with E-state index in [1.54, 1.807) is 14.2 Å². The standard InChI is InChI=1S/C9H13NO2S/c1-11-7-3-4-8(10-6-13)9(5-7)12-2/h3-5,10,13H,6H2,1-2H3.